The van der Waals surface area contributed by atoms with E-state index in [1.165, 1.54) is 6.08 Å². The van der Waals surface area contributed by atoms with Gasteiger partial charge in [0.2, 0.25) is 5.91 Å². The molecule has 0 aliphatic carbocycles. The van der Waals surface area contributed by atoms with Crippen molar-refractivity contribution < 1.29 is 14.1 Å². The normalized spacial score (nSPS) is 12.9. The van der Waals surface area contributed by atoms with Crippen molar-refractivity contribution in [3.8, 4) is 11.5 Å². The van der Waals surface area contributed by atoms with E-state index in [2.05, 4.69) is 38.0 Å². The lowest BCUT2D eigenvalue weighted by Gasteiger charge is -2.28. The van der Waals surface area contributed by atoms with Gasteiger partial charge in [-0.15, -0.1) is 0 Å². The van der Waals surface area contributed by atoms with Crippen molar-refractivity contribution in [3.63, 3.8) is 0 Å². The summed E-state index contributed by atoms with van der Waals surface area (Å²) in [6.45, 7) is 4.36. The van der Waals surface area contributed by atoms with Crippen LogP contribution < -0.4 is 10.2 Å². The van der Waals surface area contributed by atoms with Crippen molar-refractivity contribution in [2.75, 3.05) is 11.4 Å². The summed E-state index contributed by atoms with van der Waals surface area (Å²) in [4.78, 5) is 30.7. The molecule has 4 rings (SSSR count). The van der Waals surface area contributed by atoms with Crippen LogP contribution in [0.25, 0.3) is 11.5 Å². The van der Waals surface area contributed by atoms with E-state index in [0.29, 0.717) is 23.8 Å². The fourth-order valence-electron chi connectivity index (χ4n) is 3.40. The van der Waals surface area contributed by atoms with Crippen LogP contribution in [0.5, 0.6) is 0 Å². The highest BCUT2D eigenvalue weighted by Gasteiger charge is 2.22. The van der Waals surface area contributed by atoms with E-state index in [1.54, 1.807) is 11.0 Å². The lowest BCUT2D eigenvalue weighted by atomic mass is 9.98. The van der Waals surface area contributed by atoms with Crippen LogP contribution in [0.3, 0.4) is 0 Å². The van der Waals surface area contributed by atoms with Gasteiger partial charge < -0.3 is 14.7 Å². The van der Waals surface area contributed by atoms with E-state index >= 15 is 0 Å². The Morgan fingerprint density at radius 2 is 2.13 bits per heavy atom. The van der Waals surface area contributed by atoms with Gasteiger partial charge in [-0.1, -0.05) is 33.7 Å². The zero-order chi connectivity index (χ0) is 21.1. The SMILES string of the molecule is C=CC(=O)N1CCCc2cc(C(=O)NCc3noc(-c4cccc(Br)c4)n3)ccc21. The fraction of sp³-hybridized carbons (Fsp3) is 0.182. The zero-order valence-corrected chi connectivity index (χ0v) is 17.7. The van der Waals surface area contributed by atoms with Gasteiger partial charge in [0.15, 0.2) is 5.82 Å². The molecule has 1 aromatic heterocycles. The molecule has 2 aromatic carbocycles. The summed E-state index contributed by atoms with van der Waals surface area (Å²) in [5, 5.41) is 6.74. The van der Waals surface area contributed by atoms with Gasteiger partial charge in [-0.3, -0.25) is 9.59 Å². The lowest BCUT2D eigenvalue weighted by Crippen LogP contribution is -2.34. The van der Waals surface area contributed by atoms with Gasteiger partial charge >= 0.3 is 0 Å². The standard InChI is InChI=1S/C22H19BrN4O3/c1-2-20(28)27-10-4-6-14-11-15(8-9-18(14)27)21(29)24-13-19-25-22(30-26-19)16-5-3-7-17(23)12-16/h2-3,5,7-9,11-12H,1,4,6,10,13H2,(H,24,29). The third-order valence-electron chi connectivity index (χ3n) is 4.85. The minimum absolute atomic E-state index is 0.133. The van der Waals surface area contributed by atoms with Crippen molar-refractivity contribution in [1.29, 1.82) is 0 Å². The summed E-state index contributed by atoms with van der Waals surface area (Å²) >= 11 is 3.41. The number of benzene rings is 2. The summed E-state index contributed by atoms with van der Waals surface area (Å²) in [6, 6.07) is 12.9. The molecule has 0 bridgehead atoms. The van der Waals surface area contributed by atoms with Gasteiger partial charge in [-0.05, 0) is 60.9 Å². The van der Waals surface area contributed by atoms with Gasteiger partial charge in [0, 0.05) is 27.8 Å². The number of nitrogens with one attached hydrogen (secondary N) is 1. The number of carbonyl (C=O) groups excluding carboxylic acids is 2. The number of hydrogen-bond donors (Lipinski definition) is 1. The molecule has 1 N–H and O–H groups in total. The Morgan fingerprint density at radius 1 is 1.27 bits per heavy atom. The highest BCUT2D eigenvalue weighted by atomic mass is 79.9. The molecule has 0 radical (unpaired) electrons. The largest absolute Gasteiger partial charge is 0.345 e. The lowest BCUT2D eigenvalue weighted by molar-refractivity contribution is -0.114. The van der Waals surface area contributed by atoms with Gasteiger partial charge in [0.05, 0.1) is 6.54 Å². The van der Waals surface area contributed by atoms with E-state index < -0.39 is 0 Å². The van der Waals surface area contributed by atoms with E-state index in [4.69, 9.17) is 4.52 Å². The molecule has 3 aromatic rings. The molecular formula is C22H19BrN4O3. The average Bonchev–Trinajstić information content (AvgIpc) is 3.25. The first kappa shape index (κ1) is 20.0. The third kappa shape index (κ3) is 4.18. The van der Waals surface area contributed by atoms with Crippen LogP contribution in [0.2, 0.25) is 0 Å². The van der Waals surface area contributed by atoms with Crippen molar-refractivity contribution in [2.24, 2.45) is 0 Å². The number of anilines is 1. The monoisotopic (exact) mass is 466 g/mol. The Hall–Kier alpha value is -3.26. The zero-order valence-electron chi connectivity index (χ0n) is 16.1. The van der Waals surface area contributed by atoms with Crippen molar-refractivity contribution in [2.45, 2.75) is 19.4 Å². The number of rotatable bonds is 5. The first-order valence-corrected chi connectivity index (χ1v) is 10.3. The molecule has 0 saturated carbocycles. The summed E-state index contributed by atoms with van der Waals surface area (Å²) in [5.74, 6) is 0.408. The fourth-order valence-corrected chi connectivity index (χ4v) is 3.80. The molecule has 2 amide bonds. The number of aromatic nitrogens is 2. The van der Waals surface area contributed by atoms with Crippen LogP contribution in [0.1, 0.15) is 28.2 Å². The minimum Gasteiger partial charge on any atom is -0.345 e. The molecule has 1 aliphatic rings. The molecule has 0 unspecified atom stereocenters. The Kier molecular flexibility index (Phi) is 5.76. The second-order valence-corrected chi connectivity index (χ2v) is 7.77. The maximum atomic E-state index is 12.6. The summed E-state index contributed by atoms with van der Waals surface area (Å²) in [6.07, 6.45) is 2.97. The van der Waals surface area contributed by atoms with E-state index in [0.717, 1.165) is 34.1 Å². The topological polar surface area (TPSA) is 88.3 Å². The minimum atomic E-state index is -0.237. The molecule has 1 aliphatic heterocycles. The number of aryl methyl sites for hydroxylation is 1. The molecule has 0 saturated heterocycles. The Labute approximate surface area is 181 Å². The maximum absolute atomic E-state index is 12.6. The first-order chi connectivity index (χ1) is 14.5. The predicted octanol–water partition coefficient (Wildman–Crippen LogP) is 3.89. The molecular weight excluding hydrogens is 448 g/mol. The van der Waals surface area contributed by atoms with E-state index in [-0.39, 0.29) is 18.4 Å². The van der Waals surface area contributed by atoms with Crippen molar-refractivity contribution in [3.05, 3.63) is 76.5 Å². The number of fused-ring (bicyclic) bond motifs is 1. The maximum Gasteiger partial charge on any atom is 0.258 e. The second kappa shape index (κ2) is 8.62. The van der Waals surface area contributed by atoms with Crippen LogP contribution in [0, 0.1) is 0 Å². The van der Waals surface area contributed by atoms with Gasteiger partial charge in [0.1, 0.15) is 0 Å². The molecule has 0 atom stereocenters. The number of halogens is 1. The van der Waals surface area contributed by atoms with Crippen LogP contribution in [0.15, 0.2) is 64.1 Å². The van der Waals surface area contributed by atoms with Gasteiger partial charge in [-0.25, -0.2) is 0 Å². The van der Waals surface area contributed by atoms with Crippen molar-refractivity contribution >= 4 is 33.4 Å². The number of amides is 2. The average molecular weight is 467 g/mol. The van der Waals surface area contributed by atoms with E-state index in [1.807, 2.05) is 36.4 Å². The van der Waals surface area contributed by atoms with Gasteiger partial charge in [0.25, 0.3) is 11.8 Å². The number of nitrogens with zero attached hydrogens (tertiary/aromatic N) is 3. The molecule has 0 spiro atoms. The molecule has 152 valence electrons. The van der Waals surface area contributed by atoms with Crippen molar-refractivity contribution in [1.82, 2.24) is 15.5 Å². The Bertz CT molecular complexity index is 1130. The summed E-state index contributed by atoms with van der Waals surface area (Å²) in [5.41, 5.74) is 3.13. The third-order valence-corrected chi connectivity index (χ3v) is 5.34. The number of hydrogen-bond acceptors (Lipinski definition) is 5. The molecule has 2 heterocycles. The molecule has 0 fully saturated rings. The Balaban J connectivity index is 1.44. The smallest absolute Gasteiger partial charge is 0.258 e. The highest BCUT2D eigenvalue weighted by Crippen LogP contribution is 2.28. The number of carbonyl (C=O) groups is 2. The quantitative estimate of drug-likeness (QED) is 0.576. The van der Waals surface area contributed by atoms with Crippen LogP contribution in [0.4, 0.5) is 5.69 Å². The summed E-state index contributed by atoms with van der Waals surface area (Å²) in [7, 11) is 0. The molecule has 30 heavy (non-hydrogen) atoms. The van der Waals surface area contributed by atoms with Crippen LogP contribution in [-0.4, -0.2) is 28.5 Å². The summed E-state index contributed by atoms with van der Waals surface area (Å²) < 4.78 is 6.20. The van der Waals surface area contributed by atoms with Crippen LogP contribution in [-0.2, 0) is 17.8 Å². The van der Waals surface area contributed by atoms with E-state index in [9.17, 15) is 9.59 Å². The Morgan fingerprint density at radius 3 is 2.93 bits per heavy atom. The molecule has 7 nitrogen and oxygen atoms in total. The molecule has 8 heteroatoms. The predicted molar refractivity (Wildman–Crippen MR) is 116 cm³/mol. The first-order valence-electron chi connectivity index (χ1n) is 9.49. The second-order valence-electron chi connectivity index (χ2n) is 6.85. The van der Waals surface area contributed by atoms with Crippen LogP contribution >= 0.6 is 15.9 Å². The highest BCUT2D eigenvalue weighted by molar-refractivity contribution is 9.10. The van der Waals surface area contributed by atoms with Gasteiger partial charge in [-0.2, -0.15) is 4.98 Å².